The highest BCUT2D eigenvalue weighted by molar-refractivity contribution is 5.84. The van der Waals surface area contributed by atoms with E-state index in [1.165, 1.54) is 0 Å². The van der Waals surface area contributed by atoms with Gasteiger partial charge < -0.3 is 9.47 Å². The summed E-state index contributed by atoms with van der Waals surface area (Å²) in [4.78, 5) is 22.0. The van der Waals surface area contributed by atoms with E-state index in [1.807, 2.05) is 32.0 Å². The Kier molecular flexibility index (Phi) is 10.4. The van der Waals surface area contributed by atoms with Crippen LogP contribution in [0, 0.1) is 0 Å². The molecule has 1 rings (SSSR count). The van der Waals surface area contributed by atoms with Crippen LogP contribution in [0.15, 0.2) is 43.0 Å². The average Bonchev–Trinajstić information content (AvgIpc) is 2.49. The van der Waals surface area contributed by atoms with E-state index in [-0.39, 0.29) is 13.2 Å². The topological polar surface area (TPSA) is 64.6 Å². The average molecular weight is 279 g/mol. The molecule has 1 aromatic carbocycles. The van der Waals surface area contributed by atoms with Crippen LogP contribution in [-0.4, -0.2) is 25.3 Å². The van der Waals surface area contributed by atoms with Crippen molar-refractivity contribution in [3.8, 4) is 0 Å². The minimum Gasteiger partial charge on any atom is -0.462 e. The van der Waals surface area contributed by atoms with Crippen molar-refractivity contribution in [2.75, 3.05) is 18.5 Å². The number of hydrogen-bond acceptors (Lipinski definition) is 4. The molecule has 0 aliphatic rings. The lowest BCUT2D eigenvalue weighted by Crippen LogP contribution is -2.15. The van der Waals surface area contributed by atoms with E-state index >= 15 is 0 Å². The van der Waals surface area contributed by atoms with Gasteiger partial charge in [-0.3, -0.25) is 5.32 Å². The van der Waals surface area contributed by atoms with Gasteiger partial charge in [-0.2, -0.15) is 0 Å². The van der Waals surface area contributed by atoms with Crippen LogP contribution in [0.3, 0.4) is 0 Å². The molecule has 0 atom stereocenters. The Morgan fingerprint density at radius 1 is 1.15 bits per heavy atom. The van der Waals surface area contributed by atoms with Gasteiger partial charge in [0.15, 0.2) is 0 Å². The Hall–Kier alpha value is -2.30. The van der Waals surface area contributed by atoms with Crippen LogP contribution in [0.25, 0.3) is 0 Å². The summed E-state index contributed by atoms with van der Waals surface area (Å²) >= 11 is 0. The predicted molar refractivity (Wildman–Crippen MR) is 78.5 cm³/mol. The van der Waals surface area contributed by atoms with Crippen molar-refractivity contribution in [3.63, 3.8) is 0 Å². The third-order valence-corrected chi connectivity index (χ3v) is 1.95. The zero-order chi connectivity index (χ0) is 15.2. The number of ether oxygens (including phenoxy) is 2. The molecule has 1 aromatic rings. The second-order valence-electron chi connectivity index (χ2n) is 3.35. The fourth-order valence-electron chi connectivity index (χ4n) is 1.13. The largest absolute Gasteiger partial charge is 0.462 e. The lowest BCUT2D eigenvalue weighted by molar-refractivity contribution is -0.137. The maximum atomic E-state index is 11.3. The van der Waals surface area contributed by atoms with E-state index < -0.39 is 12.1 Å². The smallest absolute Gasteiger partial charge is 0.411 e. The Balaban J connectivity index is 0.00000172. The molecule has 20 heavy (non-hydrogen) atoms. The first-order valence-electron chi connectivity index (χ1n) is 6.50. The first-order chi connectivity index (χ1) is 9.72. The zero-order valence-corrected chi connectivity index (χ0v) is 11.9. The van der Waals surface area contributed by atoms with E-state index in [9.17, 15) is 9.59 Å². The highest BCUT2D eigenvalue weighted by Crippen LogP contribution is 2.05. The van der Waals surface area contributed by atoms with Crippen molar-refractivity contribution in [3.05, 3.63) is 43.0 Å². The van der Waals surface area contributed by atoms with Crippen molar-refractivity contribution in [1.82, 2.24) is 0 Å². The van der Waals surface area contributed by atoms with Gasteiger partial charge in [-0.15, -0.1) is 0 Å². The van der Waals surface area contributed by atoms with E-state index in [0.717, 1.165) is 6.08 Å². The molecule has 0 aromatic heterocycles. The number of rotatable bonds is 6. The summed E-state index contributed by atoms with van der Waals surface area (Å²) in [6.45, 7) is 7.65. The predicted octanol–water partition coefficient (Wildman–Crippen LogP) is 3.38. The van der Waals surface area contributed by atoms with Crippen molar-refractivity contribution >= 4 is 17.7 Å². The molecule has 5 nitrogen and oxygen atoms in total. The molecule has 5 heteroatoms. The number of nitrogens with one attached hydrogen (secondary N) is 1. The van der Waals surface area contributed by atoms with Gasteiger partial charge in [0.25, 0.3) is 0 Å². The normalized spacial score (nSPS) is 8.70. The molecule has 0 unspecified atom stereocenters. The fourth-order valence-corrected chi connectivity index (χ4v) is 1.13. The minimum atomic E-state index is -0.531. The maximum absolute atomic E-state index is 11.3. The Morgan fingerprint density at radius 2 is 1.75 bits per heavy atom. The molecule has 0 saturated carbocycles. The van der Waals surface area contributed by atoms with Gasteiger partial charge in [0, 0.05) is 18.2 Å². The van der Waals surface area contributed by atoms with Crippen molar-refractivity contribution in [1.29, 1.82) is 0 Å². The molecule has 0 aliphatic carbocycles. The third kappa shape index (κ3) is 8.74. The number of amides is 1. The van der Waals surface area contributed by atoms with Gasteiger partial charge in [-0.1, -0.05) is 38.6 Å². The second kappa shape index (κ2) is 11.8. The van der Waals surface area contributed by atoms with Crippen LogP contribution < -0.4 is 5.32 Å². The quantitative estimate of drug-likeness (QED) is 0.492. The standard InChI is InChI=1S/C13H15NO4.C2H6/c1-2-12(15)17-9-6-10-18-13(16)14-11-7-4-3-5-8-11;1-2/h2-5,7-8H,1,6,9-10H2,(H,14,16);1-2H3. The molecule has 0 saturated heterocycles. The van der Waals surface area contributed by atoms with Crippen LogP contribution in [-0.2, 0) is 14.3 Å². The summed E-state index contributed by atoms with van der Waals surface area (Å²) in [6, 6.07) is 8.99. The highest BCUT2D eigenvalue weighted by atomic mass is 16.6. The minimum absolute atomic E-state index is 0.184. The van der Waals surface area contributed by atoms with Crippen LogP contribution in [0.2, 0.25) is 0 Å². The number of para-hydroxylation sites is 1. The van der Waals surface area contributed by atoms with Gasteiger partial charge in [0.2, 0.25) is 0 Å². The number of carbonyl (C=O) groups is 2. The third-order valence-electron chi connectivity index (χ3n) is 1.95. The summed E-state index contributed by atoms with van der Waals surface area (Å²) < 4.78 is 9.62. The lowest BCUT2D eigenvalue weighted by Gasteiger charge is -2.06. The summed E-state index contributed by atoms with van der Waals surface area (Å²) in [7, 11) is 0. The molecule has 0 spiro atoms. The van der Waals surface area contributed by atoms with Crippen molar-refractivity contribution in [2.24, 2.45) is 0 Å². The van der Waals surface area contributed by atoms with Crippen LogP contribution >= 0.6 is 0 Å². The monoisotopic (exact) mass is 279 g/mol. The number of anilines is 1. The van der Waals surface area contributed by atoms with Gasteiger partial charge in [0.05, 0.1) is 13.2 Å². The number of benzene rings is 1. The molecule has 0 heterocycles. The molecule has 1 N–H and O–H groups in total. The van der Waals surface area contributed by atoms with E-state index in [2.05, 4.69) is 11.9 Å². The van der Waals surface area contributed by atoms with Crippen LogP contribution in [0.4, 0.5) is 10.5 Å². The SMILES string of the molecule is C=CC(=O)OCCCOC(=O)Nc1ccccc1.CC. The number of hydrogen-bond donors (Lipinski definition) is 1. The Labute approximate surface area is 119 Å². The summed E-state index contributed by atoms with van der Waals surface area (Å²) in [5.74, 6) is -0.483. The Morgan fingerprint density at radius 3 is 2.35 bits per heavy atom. The first-order valence-corrected chi connectivity index (χ1v) is 6.50. The van der Waals surface area contributed by atoms with E-state index in [4.69, 9.17) is 9.47 Å². The van der Waals surface area contributed by atoms with Gasteiger partial charge >= 0.3 is 12.1 Å². The molecule has 110 valence electrons. The van der Waals surface area contributed by atoms with Gasteiger partial charge in [0.1, 0.15) is 0 Å². The van der Waals surface area contributed by atoms with Crippen molar-refractivity contribution < 1.29 is 19.1 Å². The van der Waals surface area contributed by atoms with Gasteiger partial charge in [-0.25, -0.2) is 9.59 Å². The van der Waals surface area contributed by atoms with Crippen LogP contribution in [0.5, 0.6) is 0 Å². The van der Waals surface area contributed by atoms with Crippen molar-refractivity contribution in [2.45, 2.75) is 20.3 Å². The number of carbonyl (C=O) groups excluding carboxylic acids is 2. The number of esters is 1. The maximum Gasteiger partial charge on any atom is 0.411 e. The molecule has 0 radical (unpaired) electrons. The lowest BCUT2D eigenvalue weighted by atomic mass is 10.3. The molecule has 1 amide bonds. The summed E-state index contributed by atoms with van der Waals surface area (Å²) in [5.41, 5.74) is 0.667. The highest BCUT2D eigenvalue weighted by Gasteiger charge is 2.02. The van der Waals surface area contributed by atoms with Crippen LogP contribution in [0.1, 0.15) is 20.3 Å². The molecule has 0 aliphatic heterocycles. The second-order valence-corrected chi connectivity index (χ2v) is 3.35. The van der Waals surface area contributed by atoms with E-state index in [0.29, 0.717) is 12.1 Å². The van der Waals surface area contributed by atoms with E-state index in [1.54, 1.807) is 12.1 Å². The molecule has 0 bridgehead atoms. The summed E-state index contributed by atoms with van der Waals surface area (Å²) in [6.07, 6.45) is 1.00. The zero-order valence-electron chi connectivity index (χ0n) is 11.9. The van der Waals surface area contributed by atoms with Gasteiger partial charge in [-0.05, 0) is 12.1 Å². The molecular formula is C15H21NO4. The first kappa shape index (κ1) is 17.7. The summed E-state index contributed by atoms with van der Waals surface area (Å²) in [5, 5.41) is 2.57. The molecular weight excluding hydrogens is 258 g/mol. The Bertz CT molecular complexity index is 404. The fraction of sp³-hybridized carbons (Fsp3) is 0.333. The molecule has 0 fully saturated rings.